The number of nitrogens with one attached hydrogen (secondary N) is 2. The Morgan fingerprint density at radius 3 is 2.70 bits per heavy atom. The minimum Gasteiger partial charge on any atom is -0.492 e. The molecule has 1 fully saturated rings. The first-order valence-electron chi connectivity index (χ1n) is 9.97. The van der Waals surface area contributed by atoms with Gasteiger partial charge in [0.2, 0.25) is 5.95 Å². The van der Waals surface area contributed by atoms with Gasteiger partial charge in [-0.1, -0.05) is 12.1 Å². The molecule has 3 aromatic rings. The average molecular weight is 424 g/mol. The molecule has 2 aromatic carbocycles. The van der Waals surface area contributed by atoms with E-state index in [0.717, 1.165) is 54.0 Å². The number of rotatable bonds is 7. The van der Waals surface area contributed by atoms with E-state index in [2.05, 4.69) is 50.3 Å². The van der Waals surface area contributed by atoms with Crippen LogP contribution in [0.25, 0.3) is 0 Å². The summed E-state index contributed by atoms with van der Waals surface area (Å²) in [5, 5.41) is 6.55. The van der Waals surface area contributed by atoms with Crippen molar-refractivity contribution in [1.82, 2.24) is 9.97 Å². The van der Waals surface area contributed by atoms with Gasteiger partial charge in [0, 0.05) is 35.9 Å². The lowest BCUT2D eigenvalue weighted by Crippen LogP contribution is -2.36. The van der Waals surface area contributed by atoms with Crippen LogP contribution in [-0.2, 0) is 4.74 Å². The Morgan fingerprint density at radius 1 is 1.07 bits per heavy atom. The molecule has 1 saturated heterocycles. The lowest BCUT2D eigenvalue weighted by atomic mass is 10.2. The Hall–Kier alpha value is -2.97. The standard InChI is InChI=1S/C22H25N5O2S/c1-2-29-19-15-16(27-11-13-28-14-12-27)7-8-17(19)25-22-23-10-9-21(26-22)24-18-5-3-4-6-20(18)30/h3-10,15,30H,2,11-14H2,1H3,(H2,23,24,25,26). The molecule has 2 N–H and O–H groups in total. The molecule has 1 aliphatic heterocycles. The molecule has 30 heavy (non-hydrogen) atoms. The average Bonchev–Trinajstić information content (AvgIpc) is 2.78. The monoisotopic (exact) mass is 423 g/mol. The predicted octanol–water partition coefficient (Wildman–Crippen LogP) is 4.49. The summed E-state index contributed by atoms with van der Waals surface area (Å²) in [6.45, 7) is 5.78. The molecule has 0 atom stereocenters. The molecule has 7 nitrogen and oxygen atoms in total. The van der Waals surface area contributed by atoms with Crippen LogP contribution >= 0.6 is 12.6 Å². The Balaban J connectivity index is 1.53. The molecule has 0 aliphatic carbocycles. The molecule has 4 rings (SSSR count). The Kier molecular flexibility index (Phi) is 6.56. The largest absolute Gasteiger partial charge is 0.492 e. The summed E-state index contributed by atoms with van der Waals surface area (Å²) in [6.07, 6.45) is 1.71. The summed E-state index contributed by atoms with van der Waals surface area (Å²) in [6, 6.07) is 15.7. The fraction of sp³-hybridized carbons (Fsp3) is 0.273. The van der Waals surface area contributed by atoms with Gasteiger partial charge in [-0.2, -0.15) is 4.98 Å². The zero-order valence-corrected chi connectivity index (χ0v) is 17.7. The van der Waals surface area contributed by atoms with Crippen molar-refractivity contribution < 1.29 is 9.47 Å². The van der Waals surface area contributed by atoms with Gasteiger partial charge in [-0.25, -0.2) is 4.98 Å². The van der Waals surface area contributed by atoms with Crippen LogP contribution in [0.4, 0.5) is 28.8 Å². The molecule has 0 saturated carbocycles. The van der Waals surface area contributed by atoms with E-state index in [1.807, 2.05) is 43.3 Å². The van der Waals surface area contributed by atoms with Crippen LogP contribution in [-0.4, -0.2) is 42.9 Å². The third kappa shape index (κ3) is 4.95. The van der Waals surface area contributed by atoms with Gasteiger partial charge >= 0.3 is 0 Å². The molecule has 1 aromatic heterocycles. The van der Waals surface area contributed by atoms with Crippen LogP contribution in [0.5, 0.6) is 5.75 Å². The quantitative estimate of drug-likeness (QED) is 0.484. The number of anilines is 5. The van der Waals surface area contributed by atoms with E-state index in [0.29, 0.717) is 18.4 Å². The molecule has 0 bridgehead atoms. The number of hydrogen-bond donors (Lipinski definition) is 3. The minimum atomic E-state index is 0.483. The van der Waals surface area contributed by atoms with Gasteiger partial charge in [0.25, 0.3) is 0 Å². The van der Waals surface area contributed by atoms with Gasteiger partial charge in [0.15, 0.2) is 0 Å². The smallest absolute Gasteiger partial charge is 0.229 e. The zero-order valence-electron chi connectivity index (χ0n) is 16.8. The fourth-order valence-electron chi connectivity index (χ4n) is 3.23. The number of aromatic nitrogens is 2. The van der Waals surface area contributed by atoms with Crippen molar-refractivity contribution in [3.8, 4) is 5.75 Å². The fourth-order valence-corrected chi connectivity index (χ4v) is 3.45. The van der Waals surface area contributed by atoms with Gasteiger partial charge in [0.05, 0.1) is 31.2 Å². The van der Waals surface area contributed by atoms with Crippen molar-refractivity contribution in [2.24, 2.45) is 0 Å². The normalized spacial score (nSPS) is 13.7. The molecule has 156 valence electrons. The van der Waals surface area contributed by atoms with Crippen molar-refractivity contribution in [3.63, 3.8) is 0 Å². The second kappa shape index (κ2) is 9.69. The van der Waals surface area contributed by atoms with E-state index in [-0.39, 0.29) is 0 Å². The highest BCUT2D eigenvalue weighted by molar-refractivity contribution is 7.80. The van der Waals surface area contributed by atoms with Gasteiger partial charge in [-0.05, 0) is 37.3 Å². The molecule has 1 aliphatic rings. The first kappa shape index (κ1) is 20.3. The molecule has 2 heterocycles. The summed E-state index contributed by atoms with van der Waals surface area (Å²) in [5.74, 6) is 1.93. The highest BCUT2D eigenvalue weighted by Gasteiger charge is 2.14. The van der Waals surface area contributed by atoms with E-state index in [9.17, 15) is 0 Å². The van der Waals surface area contributed by atoms with E-state index in [4.69, 9.17) is 9.47 Å². The lowest BCUT2D eigenvalue weighted by molar-refractivity contribution is 0.122. The number of benzene rings is 2. The van der Waals surface area contributed by atoms with E-state index < -0.39 is 0 Å². The third-order valence-corrected chi connectivity index (χ3v) is 5.10. The first-order chi connectivity index (χ1) is 14.7. The van der Waals surface area contributed by atoms with Crippen LogP contribution < -0.4 is 20.3 Å². The predicted molar refractivity (Wildman–Crippen MR) is 123 cm³/mol. The number of hydrogen-bond acceptors (Lipinski definition) is 8. The number of nitrogens with zero attached hydrogens (tertiary/aromatic N) is 3. The van der Waals surface area contributed by atoms with E-state index in [1.54, 1.807) is 6.20 Å². The number of ether oxygens (including phenoxy) is 2. The van der Waals surface area contributed by atoms with Crippen LogP contribution in [0.1, 0.15) is 6.92 Å². The molecule has 0 spiro atoms. The van der Waals surface area contributed by atoms with Crippen LogP contribution in [0.2, 0.25) is 0 Å². The summed E-state index contributed by atoms with van der Waals surface area (Å²) < 4.78 is 11.3. The highest BCUT2D eigenvalue weighted by Crippen LogP contribution is 2.32. The maximum Gasteiger partial charge on any atom is 0.229 e. The van der Waals surface area contributed by atoms with Crippen molar-refractivity contribution in [3.05, 3.63) is 54.7 Å². The van der Waals surface area contributed by atoms with Gasteiger partial charge < -0.3 is 25.0 Å². The topological polar surface area (TPSA) is 71.5 Å². The Labute approximate surface area is 181 Å². The van der Waals surface area contributed by atoms with E-state index >= 15 is 0 Å². The van der Waals surface area contributed by atoms with Crippen LogP contribution in [0, 0.1) is 0 Å². The number of morpholine rings is 1. The van der Waals surface area contributed by atoms with E-state index in [1.165, 1.54) is 0 Å². The van der Waals surface area contributed by atoms with Crippen LogP contribution in [0.3, 0.4) is 0 Å². The molecule has 0 amide bonds. The summed E-state index contributed by atoms with van der Waals surface area (Å²) in [5.41, 5.74) is 2.82. The van der Waals surface area contributed by atoms with Gasteiger partial charge in [-0.15, -0.1) is 12.6 Å². The third-order valence-electron chi connectivity index (χ3n) is 4.71. The van der Waals surface area contributed by atoms with Gasteiger partial charge in [0.1, 0.15) is 11.6 Å². The second-order valence-corrected chi connectivity index (χ2v) is 7.23. The van der Waals surface area contributed by atoms with Crippen LogP contribution in [0.15, 0.2) is 59.6 Å². The Bertz CT molecular complexity index is 995. The minimum absolute atomic E-state index is 0.483. The second-order valence-electron chi connectivity index (χ2n) is 6.75. The maximum atomic E-state index is 5.88. The number of para-hydroxylation sites is 1. The molecule has 0 unspecified atom stereocenters. The highest BCUT2D eigenvalue weighted by atomic mass is 32.1. The summed E-state index contributed by atoms with van der Waals surface area (Å²) in [7, 11) is 0. The number of thiol groups is 1. The molecular formula is C22H25N5O2S. The van der Waals surface area contributed by atoms with Gasteiger partial charge in [-0.3, -0.25) is 0 Å². The first-order valence-corrected chi connectivity index (χ1v) is 10.4. The lowest BCUT2D eigenvalue weighted by Gasteiger charge is -2.29. The maximum absolute atomic E-state index is 5.88. The summed E-state index contributed by atoms with van der Waals surface area (Å²) >= 11 is 4.47. The van der Waals surface area contributed by atoms with Crippen molar-refractivity contribution in [2.75, 3.05) is 48.4 Å². The van der Waals surface area contributed by atoms with Crippen molar-refractivity contribution in [1.29, 1.82) is 0 Å². The Morgan fingerprint density at radius 2 is 1.90 bits per heavy atom. The zero-order chi connectivity index (χ0) is 20.8. The van der Waals surface area contributed by atoms with Crippen molar-refractivity contribution >= 4 is 41.5 Å². The molecule has 0 radical (unpaired) electrons. The molecular weight excluding hydrogens is 398 g/mol. The molecule has 8 heteroatoms. The SMILES string of the molecule is CCOc1cc(N2CCOCC2)ccc1Nc1nccc(Nc2ccccc2S)n1. The van der Waals surface area contributed by atoms with Crippen molar-refractivity contribution in [2.45, 2.75) is 11.8 Å². The summed E-state index contributed by atoms with van der Waals surface area (Å²) in [4.78, 5) is 12.1.